The Morgan fingerprint density at radius 3 is 2.69 bits per heavy atom. The fourth-order valence-electron chi connectivity index (χ4n) is 8.43. The highest BCUT2D eigenvalue weighted by Gasteiger charge is 2.74. The summed E-state index contributed by atoms with van der Waals surface area (Å²) in [5.74, 6) is 0.729. The summed E-state index contributed by atoms with van der Waals surface area (Å²) in [6, 6.07) is 10.5. The number of ether oxygens (including phenoxy) is 1. The molecule has 3 heterocycles. The number of aliphatic hydroxyl groups is 1. The van der Waals surface area contributed by atoms with E-state index in [0.717, 1.165) is 42.1 Å². The molecule has 36 heavy (non-hydrogen) atoms. The molecular formula is C29H30N2O5. The van der Waals surface area contributed by atoms with Gasteiger partial charge in [0.1, 0.15) is 6.10 Å². The number of phenols is 1. The van der Waals surface area contributed by atoms with Gasteiger partial charge in [0.25, 0.3) is 5.91 Å². The number of likely N-dealkylation sites (tertiary alicyclic amines) is 1. The van der Waals surface area contributed by atoms with E-state index in [1.54, 1.807) is 12.1 Å². The molecule has 3 fully saturated rings. The molecule has 7 nitrogen and oxygen atoms in total. The highest BCUT2D eigenvalue weighted by molar-refractivity contribution is 6.10. The number of fused-ring (bicyclic) bond motifs is 1. The third-order valence-corrected chi connectivity index (χ3v) is 10.1. The van der Waals surface area contributed by atoms with E-state index in [2.05, 4.69) is 4.90 Å². The van der Waals surface area contributed by atoms with E-state index in [0.29, 0.717) is 30.6 Å². The smallest absolute Gasteiger partial charge is 0.261 e. The third-order valence-electron chi connectivity index (χ3n) is 10.1. The second-order valence-electron chi connectivity index (χ2n) is 11.8. The molecule has 2 amide bonds. The molecule has 2 N–H and O–H groups in total. The first-order chi connectivity index (χ1) is 17.4. The van der Waals surface area contributed by atoms with Gasteiger partial charge in [-0.15, -0.1) is 0 Å². The summed E-state index contributed by atoms with van der Waals surface area (Å²) in [5, 5.41) is 23.5. The van der Waals surface area contributed by atoms with E-state index in [4.69, 9.17) is 4.74 Å². The molecule has 1 saturated heterocycles. The van der Waals surface area contributed by atoms with Crippen molar-refractivity contribution in [2.24, 2.45) is 5.92 Å². The summed E-state index contributed by atoms with van der Waals surface area (Å²) >= 11 is 0. The van der Waals surface area contributed by atoms with Crippen LogP contribution in [0.1, 0.15) is 59.2 Å². The normalized spacial score (nSPS) is 36.4. The van der Waals surface area contributed by atoms with Crippen LogP contribution in [0.5, 0.6) is 11.5 Å². The van der Waals surface area contributed by atoms with Crippen molar-refractivity contribution >= 4 is 11.8 Å². The van der Waals surface area contributed by atoms with Gasteiger partial charge in [-0.2, -0.15) is 0 Å². The van der Waals surface area contributed by atoms with Crippen molar-refractivity contribution in [3.05, 3.63) is 58.7 Å². The Kier molecular flexibility index (Phi) is 4.06. The Labute approximate surface area is 209 Å². The molecule has 3 aliphatic heterocycles. The van der Waals surface area contributed by atoms with Crippen LogP contribution in [0.3, 0.4) is 0 Å². The summed E-state index contributed by atoms with van der Waals surface area (Å²) in [4.78, 5) is 31.0. The van der Waals surface area contributed by atoms with Crippen LogP contribution in [0.2, 0.25) is 0 Å². The summed E-state index contributed by atoms with van der Waals surface area (Å²) in [6.07, 6.45) is 4.52. The number of imide groups is 1. The molecule has 5 atom stereocenters. The third kappa shape index (κ3) is 2.46. The molecule has 0 unspecified atom stereocenters. The average Bonchev–Trinajstić information content (AvgIpc) is 3.60. The number of nitrogens with zero attached hydrogens (tertiary/aromatic N) is 2. The van der Waals surface area contributed by atoms with Crippen molar-refractivity contribution in [2.75, 3.05) is 13.1 Å². The minimum absolute atomic E-state index is 0.0321. The lowest BCUT2D eigenvalue weighted by molar-refractivity contribution is -0.199. The van der Waals surface area contributed by atoms with E-state index in [-0.39, 0.29) is 30.0 Å². The molecule has 0 radical (unpaired) electrons. The van der Waals surface area contributed by atoms with Crippen LogP contribution in [0.15, 0.2) is 36.4 Å². The molecule has 2 aromatic carbocycles. The van der Waals surface area contributed by atoms with Crippen molar-refractivity contribution in [1.29, 1.82) is 0 Å². The maximum Gasteiger partial charge on any atom is 0.261 e. The molecule has 3 aliphatic carbocycles. The summed E-state index contributed by atoms with van der Waals surface area (Å²) in [7, 11) is 0. The van der Waals surface area contributed by atoms with E-state index < -0.39 is 23.2 Å². The maximum atomic E-state index is 13.7. The van der Waals surface area contributed by atoms with Gasteiger partial charge in [0.2, 0.25) is 5.91 Å². The van der Waals surface area contributed by atoms with E-state index >= 15 is 0 Å². The summed E-state index contributed by atoms with van der Waals surface area (Å²) in [6.45, 7) is 1.85. The number of benzene rings is 2. The molecule has 0 aromatic heterocycles. The van der Waals surface area contributed by atoms with Gasteiger partial charge in [-0.3, -0.25) is 19.4 Å². The maximum absolute atomic E-state index is 13.7. The largest absolute Gasteiger partial charge is 0.504 e. The molecular weight excluding hydrogens is 456 g/mol. The molecule has 2 bridgehead atoms. The first-order valence-corrected chi connectivity index (χ1v) is 13.3. The molecule has 186 valence electrons. The number of phenolic OH excluding ortho intramolecular Hbond substituents is 1. The predicted molar refractivity (Wildman–Crippen MR) is 130 cm³/mol. The Morgan fingerprint density at radius 1 is 1.03 bits per heavy atom. The van der Waals surface area contributed by atoms with E-state index in [9.17, 15) is 19.8 Å². The van der Waals surface area contributed by atoms with Gasteiger partial charge in [-0.1, -0.05) is 24.3 Å². The number of aromatic hydroxyl groups is 1. The van der Waals surface area contributed by atoms with Crippen LogP contribution in [-0.2, 0) is 23.1 Å². The lowest BCUT2D eigenvalue weighted by Gasteiger charge is -2.64. The van der Waals surface area contributed by atoms with Gasteiger partial charge in [0, 0.05) is 23.7 Å². The van der Waals surface area contributed by atoms with Crippen LogP contribution in [0.25, 0.3) is 0 Å². The zero-order valence-electron chi connectivity index (χ0n) is 20.2. The van der Waals surface area contributed by atoms with Gasteiger partial charge in [-0.05, 0) is 74.2 Å². The summed E-state index contributed by atoms with van der Waals surface area (Å²) < 4.78 is 6.58. The highest BCUT2D eigenvalue weighted by Crippen LogP contribution is 2.66. The van der Waals surface area contributed by atoms with E-state index in [1.807, 2.05) is 24.3 Å². The molecule has 2 saturated carbocycles. The lowest BCUT2D eigenvalue weighted by atomic mass is 9.48. The van der Waals surface area contributed by atoms with Gasteiger partial charge in [0.05, 0.1) is 23.5 Å². The Hall–Kier alpha value is -2.90. The average molecular weight is 487 g/mol. The van der Waals surface area contributed by atoms with Crippen LogP contribution in [0.4, 0.5) is 0 Å². The fourth-order valence-corrected chi connectivity index (χ4v) is 8.43. The lowest BCUT2D eigenvalue weighted by Crippen LogP contribution is -2.78. The molecule has 8 rings (SSSR count). The SMILES string of the molecule is O=C1Cc2ccccc2C(=O)N1[C@@H]1CC[C@@]2(O)[C@@H]3Cc4ccc(O)c5c4[C@@]2(CCN3CC2CC2)[C@H]1O5. The number of carbonyl (C=O) groups is 2. The van der Waals surface area contributed by atoms with Crippen LogP contribution < -0.4 is 4.74 Å². The van der Waals surface area contributed by atoms with Crippen LogP contribution >= 0.6 is 0 Å². The molecule has 6 aliphatic rings. The molecule has 7 heteroatoms. The number of hydrogen-bond donors (Lipinski definition) is 2. The van der Waals surface area contributed by atoms with E-state index in [1.165, 1.54) is 17.7 Å². The number of amides is 2. The van der Waals surface area contributed by atoms with Crippen LogP contribution in [-0.4, -0.2) is 68.7 Å². The van der Waals surface area contributed by atoms with Gasteiger partial charge < -0.3 is 14.9 Å². The molecule has 1 spiro atoms. The van der Waals surface area contributed by atoms with Crippen LogP contribution in [0, 0.1) is 5.92 Å². The Balaban J connectivity index is 1.27. The first kappa shape index (κ1) is 21.2. The topological polar surface area (TPSA) is 90.3 Å². The number of piperidine rings is 1. The summed E-state index contributed by atoms with van der Waals surface area (Å²) in [5.41, 5.74) is 1.57. The standard InChI is InChI=1S/C29H30N2O5/c32-21-8-7-18-13-22-29(35)10-9-20(31-23(33)14-17-3-1-2-4-19(17)27(31)34)26-28(29,24(18)25(21)36-26)11-12-30(22)15-16-5-6-16/h1-4,7-8,16,20,22,26,32,35H,5-6,9-15H2/t20-,22+,26+,28+,29-/m1/s1. The van der Waals surface area contributed by atoms with Gasteiger partial charge in [0.15, 0.2) is 11.5 Å². The monoisotopic (exact) mass is 486 g/mol. The quantitative estimate of drug-likeness (QED) is 0.649. The van der Waals surface area contributed by atoms with Crippen molar-refractivity contribution in [2.45, 2.75) is 74.1 Å². The Morgan fingerprint density at radius 2 is 1.86 bits per heavy atom. The zero-order valence-corrected chi connectivity index (χ0v) is 20.2. The Bertz CT molecular complexity index is 1340. The minimum atomic E-state index is -1.03. The molecule has 2 aromatic rings. The second kappa shape index (κ2) is 6.90. The van der Waals surface area contributed by atoms with Crippen molar-refractivity contribution < 1.29 is 24.5 Å². The zero-order chi connectivity index (χ0) is 24.4. The van der Waals surface area contributed by atoms with Crippen molar-refractivity contribution in [1.82, 2.24) is 9.80 Å². The minimum Gasteiger partial charge on any atom is -0.504 e. The highest BCUT2D eigenvalue weighted by atomic mass is 16.5. The number of rotatable bonds is 3. The number of carbonyl (C=O) groups excluding carboxylic acids is 2. The fraction of sp³-hybridized carbons (Fsp3) is 0.517. The predicted octanol–water partition coefficient (Wildman–Crippen LogP) is 2.55. The van der Waals surface area contributed by atoms with Gasteiger partial charge in [-0.25, -0.2) is 0 Å². The number of hydrogen-bond acceptors (Lipinski definition) is 6. The first-order valence-electron chi connectivity index (χ1n) is 13.3. The van der Waals surface area contributed by atoms with Crippen molar-refractivity contribution in [3.8, 4) is 11.5 Å². The van der Waals surface area contributed by atoms with Crippen molar-refractivity contribution in [3.63, 3.8) is 0 Å². The van der Waals surface area contributed by atoms with Gasteiger partial charge >= 0.3 is 0 Å². The second-order valence-corrected chi connectivity index (χ2v) is 11.8.